The molecule has 0 N–H and O–H groups in total. The predicted molar refractivity (Wildman–Crippen MR) is 75.1 cm³/mol. The minimum Gasteiger partial charge on any atom is -0.273 e. The van der Waals surface area contributed by atoms with Crippen molar-refractivity contribution in [2.45, 2.75) is 19.4 Å². The van der Waals surface area contributed by atoms with Gasteiger partial charge in [-0.05, 0) is 22.9 Å². The van der Waals surface area contributed by atoms with Gasteiger partial charge in [-0.2, -0.15) is 5.10 Å². The number of carbonyl (C=O) groups excluding carboxylic acids is 1. The number of hydrogen-bond donors (Lipinski definition) is 0. The Hall–Kier alpha value is -1.46. The van der Waals surface area contributed by atoms with Gasteiger partial charge in [-0.15, -0.1) is 22.7 Å². The lowest BCUT2D eigenvalue weighted by atomic mass is 10.1. The van der Waals surface area contributed by atoms with Gasteiger partial charge in [0.25, 0.3) is 0 Å². The van der Waals surface area contributed by atoms with Crippen LogP contribution in [0.5, 0.6) is 0 Å². The molecule has 0 fully saturated rings. The first-order valence-corrected chi connectivity index (χ1v) is 7.46. The van der Waals surface area contributed by atoms with E-state index in [0.717, 1.165) is 17.0 Å². The maximum atomic E-state index is 11.7. The molecule has 18 heavy (non-hydrogen) atoms. The van der Waals surface area contributed by atoms with Crippen molar-refractivity contribution < 1.29 is 4.79 Å². The molecule has 0 saturated carbocycles. The fourth-order valence-corrected chi connectivity index (χ4v) is 3.63. The number of rotatable bonds is 2. The van der Waals surface area contributed by atoms with Gasteiger partial charge in [-0.1, -0.05) is 12.1 Å². The topological polar surface area (TPSA) is 32.7 Å². The van der Waals surface area contributed by atoms with Gasteiger partial charge in [0.15, 0.2) is 0 Å². The molecule has 3 heterocycles. The molecule has 0 aliphatic carbocycles. The number of carbonyl (C=O) groups is 1. The fourth-order valence-electron chi connectivity index (χ4n) is 2.09. The van der Waals surface area contributed by atoms with Crippen LogP contribution < -0.4 is 0 Å². The molecule has 1 aliphatic rings. The van der Waals surface area contributed by atoms with Crippen LogP contribution in [0.15, 0.2) is 40.1 Å². The van der Waals surface area contributed by atoms with Crippen LogP contribution in [0.3, 0.4) is 0 Å². The Labute approximate surface area is 113 Å². The first kappa shape index (κ1) is 11.6. The molecule has 1 amide bonds. The van der Waals surface area contributed by atoms with Crippen LogP contribution in [-0.4, -0.2) is 16.6 Å². The highest BCUT2D eigenvalue weighted by Crippen LogP contribution is 2.35. The molecule has 3 nitrogen and oxygen atoms in total. The Kier molecular flexibility index (Phi) is 3.01. The third kappa shape index (κ3) is 2.00. The van der Waals surface area contributed by atoms with Crippen molar-refractivity contribution in [3.8, 4) is 0 Å². The molecular formula is C13H12N2OS2. The Bertz CT molecular complexity index is 572. The Morgan fingerprint density at radius 1 is 1.33 bits per heavy atom. The summed E-state index contributed by atoms with van der Waals surface area (Å²) in [5.74, 6) is -0.0000406. The van der Waals surface area contributed by atoms with E-state index in [9.17, 15) is 4.79 Å². The zero-order valence-electron chi connectivity index (χ0n) is 9.87. The molecule has 92 valence electrons. The molecule has 0 saturated heterocycles. The molecular weight excluding hydrogens is 264 g/mol. The molecule has 3 rings (SSSR count). The van der Waals surface area contributed by atoms with Gasteiger partial charge in [0, 0.05) is 18.2 Å². The molecule has 0 bridgehead atoms. The van der Waals surface area contributed by atoms with Crippen LogP contribution in [0.1, 0.15) is 29.1 Å². The molecule has 0 spiro atoms. The van der Waals surface area contributed by atoms with Crippen LogP contribution in [0.2, 0.25) is 0 Å². The van der Waals surface area contributed by atoms with Crippen LogP contribution >= 0.6 is 22.7 Å². The minimum atomic E-state index is -0.0000406. The first-order chi connectivity index (χ1) is 8.75. The van der Waals surface area contributed by atoms with Gasteiger partial charge in [0.1, 0.15) is 0 Å². The van der Waals surface area contributed by atoms with E-state index in [2.05, 4.69) is 17.2 Å². The SMILES string of the molecule is CC(=O)N1N=C(c2cccs2)C[C@H]1c1cccs1. The Morgan fingerprint density at radius 3 is 2.72 bits per heavy atom. The summed E-state index contributed by atoms with van der Waals surface area (Å²) in [6.45, 7) is 1.57. The highest BCUT2D eigenvalue weighted by Gasteiger charge is 2.32. The molecule has 2 aromatic heterocycles. The molecule has 0 unspecified atom stereocenters. The third-order valence-corrected chi connectivity index (χ3v) is 4.80. The van der Waals surface area contributed by atoms with Crippen molar-refractivity contribution >= 4 is 34.3 Å². The van der Waals surface area contributed by atoms with E-state index >= 15 is 0 Å². The van der Waals surface area contributed by atoms with Gasteiger partial charge in [-0.25, -0.2) is 5.01 Å². The van der Waals surface area contributed by atoms with Crippen molar-refractivity contribution in [2.75, 3.05) is 0 Å². The summed E-state index contributed by atoms with van der Waals surface area (Å²) in [6, 6.07) is 8.22. The van der Waals surface area contributed by atoms with Crippen molar-refractivity contribution in [3.63, 3.8) is 0 Å². The average Bonchev–Trinajstić information content (AvgIpc) is 3.10. The molecule has 1 aliphatic heterocycles. The number of thiophene rings is 2. The van der Waals surface area contributed by atoms with Crippen molar-refractivity contribution in [2.24, 2.45) is 5.10 Å². The minimum absolute atomic E-state index is 0.0000406. The smallest absolute Gasteiger partial charge is 0.240 e. The molecule has 1 atom stereocenters. The highest BCUT2D eigenvalue weighted by molar-refractivity contribution is 7.12. The summed E-state index contributed by atoms with van der Waals surface area (Å²) in [6.07, 6.45) is 0.806. The van der Waals surface area contributed by atoms with Gasteiger partial charge in [-0.3, -0.25) is 4.79 Å². The van der Waals surface area contributed by atoms with Crippen LogP contribution in [-0.2, 0) is 4.79 Å². The van der Waals surface area contributed by atoms with Gasteiger partial charge in [0.2, 0.25) is 5.91 Å². The predicted octanol–water partition coefficient (Wildman–Crippen LogP) is 3.51. The number of amides is 1. The lowest BCUT2D eigenvalue weighted by molar-refractivity contribution is -0.130. The average molecular weight is 276 g/mol. The molecule has 0 radical (unpaired) electrons. The fraction of sp³-hybridized carbons (Fsp3) is 0.231. The number of hydrogen-bond acceptors (Lipinski definition) is 4. The van der Waals surface area contributed by atoms with Crippen molar-refractivity contribution in [1.82, 2.24) is 5.01 Å². The molecule has 5 heteroatoms. The second-order valence-corrected chi connectivity index (χ2v) is 6.05. The van der Waals surface area contributed by atoms with E-state index < -0.39 is 0 Å². The van der Waals surface area contributed by atoms with Crippen molar-refractivity contribution in [3.05, 3.63) is 44.8 Å². The number of nitrogens with zero attached hydrogens (tertiary/aromatic N) is 2. The molecule has 2 aromatic rings. The molecule has 0 aromatic carbocycles. The zero-order valence-corrected chi connectivity index (χ0v) is 11.5. The van der Waals surface area contributed by atoms with Crippen molar-refractivity contribution in [1.29, 1.82) is 0 Å². The van der Waals surface area contributed by atoms with Gasteiger partial charge >= 0.3 is 0 Å². The first-order valence-electron chi connectivity index (χ1n) is 5.70. The summed E-state index contributed by atoms with van der Waals surface area (Å²) in [5.41, 5.74) is 1.01. The van der Waals surface area contributed by atoms with Crippen LogP contribution in [0.4, 0.5) is 0 Å². The Balaban J connectivity index is 1.93. The monoisotopic (exact) mass is 276 g/mol. The summed E-state index contributed by atoms with van der Waals surface area (Å²) in [7, 11) is 0. The summed E-state index contributed by atoms with van der Waals surface area (Å²) in [5, 5.41) is 10.2. The zero-order chi connectivity index (χ0) is 12.5. The quantitative estimate of drug-likeness (QED) is 0.826. The lowest BCUT2D eigenvalue weighted by Gasteiger charge is -2.18. The summed E-state index contributed by atoms with van der Waals surface area (Å²) in [4.78, 5) is 14.0. The van der Waals surface area contributed by atoms with E-state index in [1.165, 1.54) is 4.88 Å². The van der Waals surface area contributed by atoms with Gasteiger partial charge < -0.3 is 0 Å². The second kappa shape index (κ2) is 4.66. The Morgan fingerprint density at radius 2 is 2.11 bits per heavy atom. The van der Waals surface area contributed by atoms with E-state index in [4.69, 9.17) is 0 Å². The van der Waals surface area contributed by atoms with E-state index in [0.29, 0.717) is 0 Å². The largest absolute Gasteiger partial charge is 0.273 e. The maximum absolute atomic E-state index is 11.7. The van der Waals surface area contributed by atoms with E-state index in [1.54, 1.807) is 34.6 Å². The summed E-state index contributed by atoms with van der Waals surface area (Å²) < 4.78 is 0. The summed E-state index contributed by atoms with van der Waals surface area (Å²) >= 11 is 3.34. The lowest BCUT2D eigenvalue weighted by Crippen LogP contribution is -2.23. The van der Waals surface area contributed by atoms with Crippen LogP contribution in [0, 0.1) is 0 Å². The standard InChI is InChI=1S/C13H12N2OS2/c1-9(16)15-11(13-5-3-7-18-13)8-10(14-15)12-4-2-6-17-12/h2-7,11H,8H2,1H3/t11-/m0/s1. The normalized spacial score (nSPS) is 19.1. The van der Waals surface area contributed by atoms with E-state index in [-0.39, 0.29) is 11.9 Å². The highest BCUT2D eigenvalue weighted by atomic mass is 32.1. The van der Waals surface area contributed by atoms with Gasteiger partial charge in [0.05, 0.1) is 16.6 Å². The third-order valence-electron chi connectivity index (χ3n) is 2.91. The second-order valence-electron chi connectivity index (χ2n) is 4.12. The van der Waals surface area contributed by atoms with E-state index in [1.807, 2.05) is 22.9 Å². The maximum Gasteiger partial charge on any atom is 0.240 e. The van der Waals surface area contributed by atoms with Crippen LogP contribution in [0.25, 0.3) is 0 Å². The number of hydrazone groups is 1.